The Morgan fingerprint density at radius 1 is 1.35 bits per heavy atom. The molecule has 1 aromatic carbocycles. The van der Waals surface area contributed by atoms with E-state index in [1.54, 1.807) is 11.3 Å². The van der Waals surface area contributed by atoms with E-state index in [4.69, 9.17) is 10.3 Å². The van der Waals surface area contributed by atoms with Gasteiger partial charge in [-0.2, -0.15) is 0 Å². The number of hydrogen-bond donors (Lipinski definition) is 0. The lowest BCUT2D eigenvalue weighted by atomic mass is 10.2. The van der Waals surface area contributed by atoms with Crippen LogP contribution >= 0.6 is 11.3 Å². The van der Waals surface area contributed by atoms with E-state index in [0.717, 1.165) is 29.2 Å². The molecular formula is C14H16N4OS. The summed E-state index contributed by atoms with van der Waals surface area (Å²) in [4.78, 5) is 8.40. The zero-order chi connectivity index (χ0) is 14.2. The summed E-state index contributed by atoms with van der Waals surface area (Å²) >= 11 is 1.72. The van der Waals surface area contributed by atoms with Crippen molar-refractivity contribution in [2.75, 3.05) is 13.2 Å². The SMILES string of the molecule is CCc1cnc(-c2ccc(OCCCN=[N+]=[N-])cc2)s1. The van der Waals surface area contributed by atoms with E-state index in [2.05, 4.69) is 21.9 Å². The minimum absolute atomic E-state index is 0.466. The van der Waals surface area contributed by atoms with Gasteiger partial charge in [0.05, 0.1) is 6.61 Å². The second-order valence-electron chi connectivity index (χ2n) is 4.17. The van der Waals surface area contributed by atoms with E-state index in [-0.39, 0.29) is 0 Å². The van der Waals surface area contributed by atoms with Crippen LogP contribution in [0.2, 0.25) is 0 Å². The van der Waals surface area contributed by atoms with E-state index in [1.807, 2.05) is 30.5 Å². The molecule has 0 bridgehead atoms. The number of ether oxygens (including phenoxy) is 1. The molecule has 1 heterocycles. The van der Waals surface area contributed by atoms with Crippen molar-refractivity contribution in [3.8, 4) is 16.3 Å². The number of benzene rings is 1. The van der Waals surface area contributed by atoms with Gasteiger partial charge >= 0.3 is 0 Å². The fourth-order valence-electron chi connectivity index (χ4n) is 1.67. The molecule has 2 aromatic rings. The van der Waals surface area contributed by atoms with Crippen LogP contribution in [0.4, 0.5) is 0 Å². The summed E-state index contributed by atoms with van der Waals surface area (Å²) in [6.07, 6.45) is 3.67. The summed E-state index contributed by atoms with van der Waals surface area (Å²) in [6.45, 7) is 3.15. The first-order valence-electron chi connectivity index (χ1n) is 6.52. The topological polar surface area (TPSA) is 70.9 Å². The third-order valence-corrected chi connectivity index (χ3v) is 3.93. The summed E-state index contributed by atoms with van der Waals surface area (Å²) in [6, 6.07) is 7.91. The molecule has 1 aromatic heterocycles. The molecule has 0 aliphatic heterocycles. The van der Waals surface area contributed by atoms with E-state index in [0.29, 0.717) is 13.2 Å². The summed E-state index contributed by atoms with van der Waals surface area (Å²) < 4.78 is 5.57. The van der Waals surface area contributed by atoms with Crippen molar-refractivity contribution in [1.29, 1.82) is 0 Å². The van der Waals surface area contributed by atoms with Gasteiger partial charge in [0.15, 0.2) is 0 Å². The predicted octanol–water partition coefficient (Wildman–Crippen LogP) is 4.45. The zero-order valence-electron chi connectivity index (χ0n) is 11.3. The Hall–Kier alpha value is -2.04. The van der Waals surface area contributed by atoms with Crippen LogP contribution in [0, 0.1) is 0 Å². The highest BCUT2D eigenvalue weighted by atomic mass is 32.1. The highest BCUT2D eigenvalue weighted by Gasteiger charge is 2.03. The van der Waals surface area contributed by atoms with E-state index < -0.39 is 0 Å². The number of azide groups is 1. The quantitative estimate of drug-likeness (QED) is 0.327. The molecular weight excluding hydrogens is 272 g/mol. The second-order valence-corrected chi connectivity index (χ2v) is 5.28. The van der Waals surface area contributed by atoms with Gasteiger partial charge in [-0.15, -0.1) is 11.3 Å². The molecule has 2 rings (SSSR count). The molecule has 6 heteroatoms. The van der Waals surface area contributed by atoms with Crippen LogP contribution < -0.4 is 4.74 Å². The average Bonchev–Trinajstić information content (AvgIpc) is 2.97. The van der Waals surface area contributed by atoms with Crippen LogP contribution in [0.25, 0.3) is 21.0 Å². The fraction of sp³-hybridized carbons (Fsp3) is 0.357. The number of rotatable bonds is 7. The number of nitrogens with zero attached hydrogens (tertiary/aromatic N) is 4. The van der Waals surface area contributed by atoms with Crippen molar-refractivity contribution in [2.24, 2.45) is 5.11 Å². The van der Waals surface area contributed by atoms with Gasteiger partial charge in [0, 0.05) is 28.1 Å². The van der Waals surface area contributed by atoms with Crippen molar-refractivity contribution in [3.05, 3.63) is 45.8 Å². The number of hydrogen-bond acceptors (Lipinski definition) is 4. The minimum atomic E-state index is 0.466. The maximum absolute atomic E-state index is 8.15. The van der Waals surface area contributed by atoms with Gasteiger partial charge in [0.2, 0.25) is 0 Å². The Balaban J connectivity index is 1.90. The zero-order valence-corrected chi connectivity index (χ0v) is 12.1. The lowest BCUT2D eigenvalue weighted by Crippen LogP contribution is -1.98. The molecule has 0 aliphatic rings. The van der Waals surface area contributed by atoms with Gasteiger partial charge in [-0.1, -0.05) is 12.0 Å². The van der Waals surface area contributed by atoms with E-state index in [1.165, 1.54) is 4.88 Å². The molecule has 0 saturated heterocycles. The molecule has 5 nitrogen and oxygen atoms in total. The summed E-state index contributed by atoms with van der Waals surface area (Å²) in [5.41, 5.74) is 9.26. The Labute approximate surface area is 121 Å². The molecule has 0 N–H and O–H groups in total. The van der Waals surface area contributed by atoms with Crippen LogP contribution in [0.5, 0.6) is 5.75 Å². The lowest BCUT2D eigenvalue weighted by Gasteiger charge is -2.05. The van der Waals surface area contributed by atoms with Crippen molar-refractivity contribution in [1.82, 2.24) is 4.98 Å². The molecule has 104 valence electrons. The predicted molar refractivity (Wildman–Crippen MR) is 81.1 cm³/mol. The van der Waals surface area contributed by atoms with Crippen LogP contribution in [0.3, 0.4) is 0 Å². The number of thiazole rings is 1. The largest absolute Gasteiger partial charge is 0.494 e. The van der Waals surface area contributed by atoms with Crippen molar-refractivity contribution in [3.63, 3.8) is 0 Å². The van der Waals surface area contributed by atoms with Crippen molar-refractivity contribution in [2.45, 2.75) is 19.8 Å². The first-order chi connectivity index (χ1) is 9.83. The molecule has 0 unspecified atom stereocenters. The second kappa shape index (κ2) is 7.53. The van der Waals surface area contributed by atoms with Crippen LogP contribution in [-0.4, -0.2) is 18.1 Å². The molecule has 0 radical (unpaired) electrons. The summed E-state index contributed by atoms with van der Waals surface area (Å²) in [5, 5.41) is 4.50. The van der Waals surface area contributed by atoms with Gasteiger partial charge in [-0.25, -0.2) is 4.98 Å². The number of aryl methyl sites for hydroxylation is 1. The first kappa shape index (κ1) is 14.4. The normalized spacial score (nSPS) is 10.1. The Morgan fingerprint density at radius 2 is 2.15 bits per heavy atom. The molecule has 0 atom stereocenters. The number of aromatic nitrogens is 1. The third kappa shape index (κ3) is 3.98. The molecule has 0 amide bonds. The highest BCUT2D eigenvalue weighted by molar-refractivity contribution is 7.15. The molecule has 20 heavy (non-hydrogen) atoms. The van der Waals surface area contributed by atoms with Gasteiger partial charge in [-0.05, 0) is 42.6 Å². The maximum Gasteiger partial charge on any atom is 0.123 e. The third-order valence-electron chi connectivity index (χ3n) is 2.74. The molecule has 0 spiro atoms. The fourth-order valence-corrected chi connectivity index (χ4v) is 2.53. The molecule has 0 aliphatic carbocycles. The molecule has 0 fully saturated rings. The van der Waals surface area contributed by atoms with Crippen molar-refractivity contribution < 1.29 is 4.74 Å². The van der Waals surface area contributed by atoms with E-state index in [9.17, 15) is 0 Å². The van der Waals surface area contributed by atoms with Crippen LogP contribution in [0.1, 0.15) is 18.2 Å². The van der Waals surface area contributed by atoms with Crippen molar-refractivity contribution >= 4 is 11.3 Å². The highest BCUT2D eigenvalue weighted by Crippen LogP contribution is 2.27. The minimum Gasteiger partial charge on any atom is -0.494 e. The van der Waals surface area contributed by atoms with E-state index >= 15 is 0 Å². The van der Waals surface area contributed by atoms with Crippen LogP contribution in [-0.2, 0) is 6.42 Å². The Kier molecular flexibility index (Phi) is 5.41. The van der Waals surface area contributed by atoms with Gasteiger partial charge in [0.25, 0.3) is 0 Å². The summed E-state index contributed by atoms with van der Waals surface area (Å²) in [7, 11) is 0. The molecule has 0 saturated carbocycles. The average molecular weight is 288 g/mol. The Bertz CT molecular complexity index is 587. The van der Waals surface area contributed by atoms with Gasteiger partial charge in [0.1, 0.15) is 10.8 Å². The maximum atomic E-state index is 8.15. The Morgan fingerprint density at radius 3 is 2.80 bits per heavy atom. The van der Waals surface area contributed by atoms with Gasteiger partial charge < -0.3 is 4.74 Å². The standard InChI is InChI=1S/C14H16N4OS/c1-2-13-10-16-14(20-13)11-4-6-12(7-5-11)19-9-3-8-17-18-15/h4-7,10H,2-3,8-9H2,1H3. The smallest absolute Gasteiger partial charge is 0.123 e. The lowest BCUT2D eigenvalue weighted by molar-refractivity contribution is 0.313. The van der Waals surface area contributed by atoms with Crippen LogP contribution in [0.15, 0.2) is 35.6 Å². The van der Waals surface area contributed by atoms with Gasteiger partial charge in [-0.3, -0.25) is 0 Å². The summed E-state index contributed by atoms with van der Waals surface area (Å²) in [5.74, 6) is 0.821. The first-order valence-corrected chi connectivity index (χ1v) is 7.34. The monoisotopic (exact) mass is 288 g/mol.